The number of rotatable bonds is 4. The van der Waals surface area contributed by atoms with Gasteiger partial charge in [-0.25, -0.2) is 0 Å². The highest BCUT2D eigenvalue weighted by molar-refractivity contribution is 7.10. The topological polar surface area (TPSA) is 38.5 Å². The number of thiophene rings is 1. The van der Waals surface area contributed by atoms with Crippen molar-refractivity contribution >= 4 is 11.3 Å². The van der Waals surface area contributed by atoms with Crippen LogP contribution in [-0.2, 0) is 4.74 Å². The van der Waals surface area contributed by atoms with Gasteiger partial charge in [-0.3, -0.25) is 4.90 Å². The van der Waals surface area contributed by atoms with E-state index in [0.29, 0.717) is 12.6 Å². The van der Waals surface area contributed by atoms with Gasteiger partial charge in [-0.1, -0.05) is 13.0 Å². The number of ether oxygens (including phenoxy) is 1. The first-order valence-electron chi connectivity index (χ1n) is 6.10. The molecule has 1 aliphatic heterocycles. The van der Waals surface area contributed by atoms with E-state index in [1.807, 2.05) is 11.3 Å². The molecule has 0 saturated carbocycles. The number of nitrogens with zero attached hydrogens (tertiary/aromatic N) is 1. The second-order valence-electron chi connectivity index (χ2n) is 5.38. The van der Waals surface area contributed by atoms with Crippen molar-refractivity contribution in [2.24, 2.45) is 11.1 Å². The Bertz CT molecular complexity index is 354. The predicted octanol–water partition coefficient (Wildman–Crippen LogP) is 2.10. The highest BCUT2D eigenvalue weighted by Gasteiger charge is 2.39. The molecule has 1 aromatic rings. The Kier molecular flexibility index (Phi) is 3.88. The minimum atomic E-state index is 0.0836. The highest BCUT2D eigenvalue weighted by atomic mass is 32.1. The molecule has 17 heavy (non-hydrogen) atoms. The molecular weight excluding hydrogens is 232 g/mol. The van der Waals surface area contributed by atoms with E-state index in [1.54, 1.807) is 0 Å². The largest absolute Gasteiger partial charge is 0.379 e. The van der Waals surface area contributed by atoms with E-state index in [2.05, 4.69) is 43.3 Å². The third kappa shape index (κ3) is 2.71. The molecule has 3 nitrogen and oxygen atoms in total. The van der Waals surface area contributed by atoms with Crippen LogP contribution in [0.25, 0.3) is 0 Å². The summed E-state index contributed by atoms with van der Waals surface area (Å²) in [7, 11) is 2.17. The van der Waals surface area contributed by atoms with E-state index >= 15 is 0 Å². The minimum Gasteiger partial charge on any atom is -0.379 e. The lowest BCUT2D eigenvalue weighted by molar-refractivity contribution is 0.115. The summed E-state index contributed by atoms with van der Waals surface area (Å²) >= 11 is 1.81. The van der Waals surface area contributed by atoms with Crippen LogP contribution in [0.1, 0.15) is 24.8 Å². The van der Waals surface area contributed by atoms with E-state index in [-0.39, 0.29) is 11.5 Å². The average molecular weight is 254 g/mol. The van der Waals surface area contributed by atoms with Crippen LogP contribution < -0.4 is 5.73 Å². The van der Waals surface area contributed by atoms with Gasteiger partial charge in [0.25, 0.3) is 0 Å². The second kappa shape index (κ2) is 5.06. The molecule has 0 aromatic carbocycles. The van der Waals surface area contributed by atoms with Crippen molar-refractivity contribution in [1.82, 2.24) is 4.90 Å². The third-order valence-corrected chi connectivity index (χ3v) is 4.89. The van der Waals surface area contributed by atoms with Crippen molar-refractivity contribution in [2.75, 3.05) is 26.8 Å². The Morgan fingerprint density at radius 1 is 1.71 bits per heavy atom. The van der Waals surface area contributed by atoms with E-state index in [9.17, 15) is 0 Å². The van der Waals surface area contributed by atoms with Crippen molar-refractivity contribution in [3.8, 4) is 0 Å². The SMILES string of the molecule is CC(c1cccs1)N(C)CC1(C)COCC1N. The fraction of sp³-hybridized carbons (Fsp3) is 0.692. The number of nitrogens with two attached hydrogens (primary N) is 1. The summed E-state index contributed by atoms with van der Waals surface area (Å²) in [6, 6.07) is 4.90. The molecule has 0 aliphatic carbocycles. The van der Waals surface area contributed by atoms with Gasteiger partial charge in [0.1, 0.15) is 0 Å². The fourth-order valence-corrected chi connectivity index (χ4v) is 3.19. The minimum absolute atomic E-state index is 0.0836. The maximum absolute atomic E-state index is 6.13. The molecule has 0 radical (unpaired) electrons. The maximum atomic E-state index is 6.13. The quantitative estimate of drug-likeness (QED) is 0.894. The van der Waals surface area contributed by atoms with Gasteiger partial charge >= 0.3 is 0 Å². The van der Waals surface area contributed by atoms with E-state index in [0.717, 1.165) is 13.2 Å². The van der Waals surface area contributed by atoms with Crippen LogP contribution >= 0.6 is 11.3 Å². The Hall–Kier alpha value is -0.420. The summed E-state index contributed by atoms with van der Waals surface area (Å²) in [6.45, 7) is 6.92. The number of hydrogen-bond donors (Lipinski definition) is 1. The molecule has 3 atom stereocenters. The van der Waals surface area contributed by atoms with E-state index in [4.69, 9.17) is 10.5 Å². The summed E-state index contributed by atoms with van der Waals surface area (Å²) < 4.78 is 5.49. The molecule has 4 heteroatoms. The summed E-state index contributed by atoms with van der Waals surface area (Å²) in [5.74, 6) is 0. The zero-order valence-electron chi connectivity index (χ0n) is 10.8. The standard InChI is InChI=1S/C13H22N2OS/c1-10(11-5-4-6-17-11)15(3)8-13(2)9-16-7-12(13)14/h4-6,10,12H,7-9,14H2,1-3H3. The Balaban J connectivity index is 1.99. The number of hydrogen-bond acceptors (Lipinski definition) is 4. The first-order chi connectivity index (χ1) is 8.03. The zero-order valence-corrected chi connectivity index (χ0v) is 11.7. The normalized spacial score (nSPS) is 31.0. The fourth-order valence-electron chi connectivity index (χ4n) is 2.34. The Morgan fingerprint density at radius 2 is 2.47 bits per heavy atom. The first-order valence-corrected chi connectivity index (χ1v) is 6.98. The lowest BCUT2D eigenvalue weighted by Gasteiger charge is -2.34. The molecule has 2 rings (SSSR count). The van der Waals surface area contributed by atoms with Crippen molar-refractivity contribution in [1.29, 1.82) is 0 Å². The van der Waals surface area contributed by atoms with Crippen LogP contribution in [0.5, 0.6) is 0 Å². The van der Waals surface area contributed by atoms with Crippen molar-refractivity contribution in [3.05, 3.63) is 22.4 Å². The molecule has 1 aromatic heterocycles. The smallest absolute Gasteiger partial charge is 0.0624 e. The molecule has 1 aliphatic rings. The van der Waals surface area contributed by atoms with E-state index < -0.39 is 0 Å². The molecule has 0 spiro atoms. The third-order valence-electron chi connectivity index (χ3n) is 3.85. The van der Waals surface area contributed by atoms with Crippen molar-refractivity contribution in [3.63, 3.8) is 0 Å². The van der Waals surface area contributed by atoms with Crippen molar-refractivity contribution < 1.29 is 4.74 Å². The molecule has 3 unspecified atom stereocenters. The van der Waals surface area contributed by atoms with Crippen LogP contribution in [0.4, 0.5) is 0 Å². The Morgan fingerprint density at radius 3 is 3.00 bits per heavy atom. The van der Waals surface area contributed by atoms with Gasteiger partial charge in [0.15, 0.2) is 0 Å². The zero-order chi connectivity index (χ0) is 12.5. The lowest BCUT2D eigenvalue weighted by atomic mass is 9.85. The van der Waals surface area contributed by atoms with Crippen LogP contribution in [0.3, 0.4) is 0 Å². The van der Waals surface area contributed by atoms with Gasteiger partial charge in [-0.05, 0) is 25.4 Å². The Labute approximate surface area is 108 Å². The highest BCUT2D eigenvalue weighted by Crippen LogP contribution is 2.31. The van der Waals surface area contributed by atoms with Crippen LogP contribution in [0.15, 0.2) is 17.5 Å². The molecular formula is C13H22N2OS. The van der Waals surface area contributed by atoms with Gasteiger partial charge in [-0.15, -0.1) is 11.3 Å². The van der Waals surface area contributed by atoms with Gasteiger partial charge in [0.05, 0.1) is 13.2 Å². The summed E-state index contributed by atoms with van der Waals surface area (Å²) in [6.07, 6.45) is 0. The van der Waals surface area contributed by atoms with Gasteiger partial charge in [0.2, 0.25) is 0 Å². The van der Waals surface area contributed by atoms with Gasteiger partial charge < -0.3 is 10.5 Å². The van der Waals surface area contributed by atoms with Gasteiger partial charge in [0, 0.05) is 28.9 Å². The second-order valence-corrected chi connectivity index (χ2v) is 6.36. The van der Waals surface area contributed by atoms with Gasteiger partial charge in [-0.2, -0.15) is 0 Å². The van der Waals surface area contributed by atoms with Crippen LogP contribution in [-0.4, -0.2) is 37.7 Å². The molecule has 1 fully saturated rings. The molecule has 96 valence electrons. The molecule has 2 N–H and O–H groups in total. The predicted molar refractivity (Wildman–Crippen MR) is 72.3 cm³/mol. The molecule has 0 amide bonds. The summed E-state index contributed by atoms with van der Waals surface area (Å²) in [5.41, 5.74) is 6.21. The van der Waals surface area contributed by atoms with E-state index in [1.165, 1.54) is 4.88 Å². The summed E-state index contributed by atoms with van der Waals surface area (Å²) in [4.78, 5) is 3.78. The lowest BCUT2D eigenvalue weighted by Crippen LogP contribution is -2.46. The van der Waals surface area contributed by atoms with Crippen LogP contribution in [0.2, 0.25) is 0 Å². The molecule has 1 saturated heterocycles. The average Bonchev–Trinajstić information content (AvgIpc) is 2.89. The molecule has 0 bridgehead atoms. The monoisotopic (exact) mass is 254 g/mol. The van der Waals surface area contributed by atoms with Crippen molar-refractivity contribution in [2.45, 2.75) is 25.9 Å². The summed E-state index contributed by atoms with van der Waals surface area (Å²) in [5, 5.41) is 2.13. The first kappa shape index (κ1) is 13.0. The maximum Gasteiger partial charge on any atom is 0.0624 e. The molecule has 2 heterocycles. The van der Waals surface area contributed by atoms with Crippen LogP contribution in [0, 0.1) is 5.41 Å².